The topological polar surface area (TPSA) is 45.4 Å². The first-order chi connectivity index (χ1) is 7.84. The van der Waals surface area contributed by atoms with E-state index in [1.54, 1.807) is 6.07 Å². The van der Waals surface area contributed by atoms with Crippen LogP contribution in [-0.4, -0.2) is 11.7 Å². The monoisotopic (exact) mass is 215 g/mol. The van der Waals surface area contributed by atoms with Gasteiger partial charge in [-0.3, -0.25) is 0 Å². The summed E-state index contributed by atoms with van der Waals surface area (Å²) in [5.41, 5.74) is 2.01. The van der Waals surface area contributed by atoms with Crippen LogP contribution in [-0.2, 0) is 13.0 Å². The van der Waals surface area contributed by atoms with Crippen molar-refractivity contribution in [1.82, 2.24) is 5.32 Å². The van der Waals surface area contributed by atoms with Gasteiger partial charge in [-0.15, -0.1) is 0 Å². The molecule has 3 nitrogen and oxygen atoms in total. The Morgan fingerprint density at radius 2 is 2.12 bits per heavy atom. The number of nitrogens with one attached hydrogen (secondary N) is 1. The molecule has 0 saturated heterocycles. The van der Waals surface area contributed by atoms with Gasteiger partial charge in [-0.25, -0.2) is 0 Å². The van der Waals surface area contributed by atoms with Crippen LogP contribution in [0.1, 0.15) is 11.3 Å². The van der Waals surface area contributed by atoms with Crippen LogP contribution < -0.4 is 5.32 Å². The number of phenolic OH excluding ortho intramolecular Hbond substituents is 1. The van der Waals surface area contributed by atoms with Crippen molar-refractivity contribution in [2.24, 2.45) is 0 Å². The molecule has 0 unspecified atom stereocenters. The van der Waals surface area contributed by atoms with Crippen molar-refractivity contribution in [2.45, 2.75) is 13.0 Å². The molecular formula is C13H13NO2. The first kappa shape index (κ1) is 9.48. The van der Waals surface area contributed by atoms with Crippen molar-refractivity contribution >= 4 is 0 Å². The molecule has 0 amide bonds. The van der Waals surface area contributed by atoms with Crippen molar-refractivity contribution < 1.29 is 9.52 Å². The van der Waals surface area contributed by atoms with Crippen LogP contribution >= 0.6 is 0 Å². The van der Waals surface area contributed by atoms with Crippen LogP contribution in [0.25, 0.3) is 11.3 Å². The second-order valence-electron chi connectivity index (χ2n) is 4.00. The molecule has 0 atom stereocenters. The standard InChI is InChI=1S/C13H13NO2/c15-11-4-2-1-3-10(11)12-7-9-5-6-14-8-13(9)16-12/h1-4,7,14-15H,5-6,8H2. The van der Waals surface area contributed by atoms with Gasteiger partial charge in [-0.1, -0.05) is 12.1 Å². The summed E-state index contributed by atoms with van der Waals surface area (Å²) in [6.07, 6.45) is 0.992. The number of phenols is 1. The highest BCUT2D eigenvalue weighted by Crippen LogP contribution is 2.32. The van der Waals surface area contributed by atoms with Gasteiger partial charge in [0.1, 0.15) is 17.3 Å². The van der Waals surface area contributed by atoms with E-state index in [0.717, 1.165) is 36.6 Å². The fourth-order valence-electron chi connectivity index (χ4n) is 2.07. The average Bonchev–Trinajstić information content (AvgIpc) is 2.73. The van der Waals surface area contributed by atoms with Crippen LogP contribution in [0.15, 0.2) is 34.7 Å². The van der Waals surface area contributed by atoms with Crippen LogP contribution in [0.3, 0.4) is 0 Å². The minimum atomic E-state index is 0.265. The predicted molar refractivity (Wildman–Crippen MR) is 61.2 cm³/mol. The lowest BCUT2D eigenvalue weighted by atomic mass is 10.1. The summed E-state index contributed by atoms with van der Waals surface area (Å²) >= 11 is 0. The van der Waals surface area contributed by atoms with E-state index in [0.29, 0.717) is 0 Å². The van der Waals surface area contributed by atoms with Gasteiger partial charge < -0.3 is 14.8 Å². The summed E-state index contributed by atoms with van der Waals surface area (Å²) in [7, 11) is 0. The number of hydrogen-bond acceptors (Lipinski definition) is 3. The smallest absolute Gasteiger partial charge is 0.138 e. The average molecular weight is 215 g/mol. The molecule has 2 aromatic rings. The molecule has 0 saturated carbocycles. The van der Waals surface area contributed by atoms with Gasteiger partial charge in [0.25, 0.3) is 0 Å². The molecule has 1 aromatic carbocycles. The third kappa shape index (κ3) is 1.49. The Balaban J connectivity index is 2.07. The lowest BCUT2D eigenvalue weighted by molar-refractivity contribution is 0.459. The summed E-state index contributed by atoms with van der Waals surface area (Å²) in [5, 5.41) is 13.0. The molecule has 1 aliphatic rings. The molecule has 1 aromatic heterocycles. The summed E-state index contributed by atoms with van der Waals surface area (Å²) < 4.78 is 5.75. The van der Waals surface area contributed by atoms with E-state index in [1.165, 1.54) is 5.56 Å². The Kier molecular flexibility index (Phi) is 2.18. The van der Waals surface area contributed by atoms with Crippen molar-refractivity contribution in [3.63, 3.8) is 0 Å². The number of fused-ring (bicyclic) bond motifs is 1. The van der Waals surface area contributed by atoms with Gasteiger partial charge in [0, 0.05) is 0 Å². The Morgan fingerprint density at radius 3 is 2.94 bits per heavy atom. The van der Waals surface area contributed by atoms with Crippen molar-refractivity contribution in [2.75, 3.05) is 6.54 Å². The zero-order valence-corrected chi connectivity index (χ0v) is 8.86. The van der Waals surface area contributed by atoms with Crippen LogP contribution in [0.4, 0.5) is 0 Å². The number of hydrogen-bond donors (Lipinski definition) is 2. The molecule has 0 fully saturated rings. The second-order valence-corrected chi connectivity index (χ2v) is 4.00. The van der Waals surface area contributed by atoms with Gasteiger partial charge in [0.2, 0.25) is 0 Å². The fraction of sp³-hybridized carbons (Fsp3) is 0.231. The van der Waals surface area contributed by atoms with E-state index in [2.05, 4.69) is 5.32 Å². The molecule has 0 spiro atoms. The van der Waals surface area contributed by atoms with Gasteiger partial charge in [-0.05, 0) is 36.7 Å². The first-order valence-corrected chi connectivity index (χ1v) is 5.45. The highest BCUT2D eigenvalue weighted by Gasteiger charge is 2.16. The van der Waals surface area contributed by atoms with Gasteiger partial charge in [0.05, 0.1) is 12.1 Å². The molecule has 0 aliphatic carbocycles. The third-order valence-corrected chi connectivity index (χ3v) is 2.92. The van der Waals surface area contributed by atoms with Crippen molar-refractivity contribution in [3.8, 4) is 17.1 Å². The Morgan fingerprint density at radius 1 is 1.25 bits per heavy atom. The number of rotatable bonds is 1. The van der Waals surface area contributed by atoms with E-state index in [4.69, 9.17) is 4.42 Å². The Hall–Kier alpha value is -1.74. The number of furan rings is 1. The molecule has 1 aliphatic heterocycles. The predicted octanol–water partition coefficient (Wildman–Crippen LogP) is 2.30. The number of para-hydroxylation sites is 1. The first-order valence-electron chi connectivity index (χ1n) is 5.45. The maximum Gasteiger partial charge on any atom is 0.138 e. The highest BCUT2D eigenvalue weighted by atomic mass is 16.3. The molecule has 16 heavy (non-hydrogen) atoms. The normalized spacial score (nSPS) is 14.8. The molecule has 2 heterocycles. The van der Waals surface area contributed by atoms with E-state index < -0.39 is 0 Å². The fourth-order valence-corrected chi connectivity index (χ4v) is 2.07. The molecule has 3 rings (SSSR count). The largest absolute Gasteiger partial charge is 0.507 e. The molecule has 3 heteroatoms. The minimum Gasteiger partial charge on any atom is -0.507 e. The SMILES string of the molecule is Oc1ccccc1-c1cc2c(o1)CNCC2. The summed E-state index contributed by atoms with van der Waals surface area (Å²) in [6, 6.07) is 9.28. The Labute approximate surface area is 93.7 Å². The molecule has 0 bridgehead atoms. The lowest BCUT2D eigenvalue weighted by Gasteiger charge is -2.09. The highest BCUT2D eigenvalue weighted by molar-refractivity contribution is 5.66. The van der Waals surface area contributed by atoms with E-state index in [1.807, 2.05) is 24.3 Å². The van der Waals surface area contributed by atoms with Gasteiger partial charge >= 0.3 is 0 Å². The Bertz CT molecular complexity index is 493. The van der Waals surface area contributed by atoms with Crippen molar-refractivity contribution in [3.05, 3.63) is 41.7 Å². The minimum absolute atomic E-state index is 0.265. The maximum atomic E-state index is 9.75. The van der Waals surface area contributed by atoms with Crippen LogP contribution in [0.2, 0.25) is 0 Å². The van der Waals surface area contributed by atoms with Crippen LogP contribution in [0.5, 0.6) is 5.75 Å². The maximum absolute atomic E-state index is 9.75. The number of benzene rings is 1. The quantitative estimate of drug-likeness (QED) is 0.767. The zero-order valence-electron chi connectivity index (χ0n) is 8.86. The molecule has 0 radical (unpaired) electrons. The van der Waals surface area contributed by atoms with Gasteiger partial charge in [0.15, 0.2) is 0 Å². The van der Waals surface area contributed by atoms with E-state index in [9.17, 15) is 5.11 Å². The van der Waals surface area contributed by atoms with Crippen molar-refractivity contribution in [1.29, 1.82) is 0 Å². The molecule has 2 N–H and O–H groups in total. The van der Waals surface area contributed by atoms with Crippen LogP contribution in [0, 0.1) is 0 Å². The zero-order chi connectivity index (χ0) is 11.0. The molecule has 82 valence electrons. The number of aromatic hydroxyl groups is 1. The summed E-state index contributed by atoms with van der Waals surface area (Å²) in [6.45, 7) is 1.77. The van der Waals surface area contributed by atoms with E-state index >= 15 is 0 Å². The van der Waals surface area contributed by atoms with E-state index in [-0.39, 0.29) is 5.75 Å². The summed E-state index contributed by atoms with van der Waals surface area (Å²) in [4.78, 5) is 0. The lowest BCUT2D eigenvalue weighted by Crippen LogP contribution is -2.22. The second kappa shape index (κ2) is 3.68. The summed E-state index contributed by atoms with van der Waals surface area (Å²) in [5.74, 6) is 2.01. The molecular weight excluding hydrogens is 202 g/mol. The third-order valence-electron chi connectivity index (χ3n) is 2.92. The van der Waals surface area contributed by atoms with Gasteiger partial charge in [-0.2, -0.15) is 0 Å².